The first-order valence-electron chi connectivity index (χ1n) is 9.36. The molecule has 6 nitrogen and oxygen atoms in total. The van der Waals surface area contributed by atoms with E-state index < -0.39 is 0 Å². The van der Waals surface area contributed by atoms with Crippen LogP contribution in [0.1, 0.15) is 5.89 Å². The predicted octanol–water partition coefficient (Wildman–Crippen LogP) is 5.11. The number of anilines is 2. The molecule has 0 spiro atoms. The van der Waals surface area contributed by atoms with Gasteiger partial charge < -0.3 is 9.15 Å². The van der Waals surface area contributed by atoms with Gasteiger partial charge in [-0.15, -0.1) is 10.2 Å². The van der Waals surface area contributed by atoms with Crippen molar-refractivity contribution in [3.63, 3.8) is 0 Å². The average Bonchev–Trinajstić information content (AvgIpc) is 3.27. The molecule has 0 aliphatic heterocycles. The van der Waals surface area contributed by atoms with Crippen LogP contribution >= 0.6 is 11.8 Å². The van der Waals surface area contributed by atoms with Gasteiger partial charge in [0.2, 0.25) is 5.91 Å². The van der Waals surface area contributed by atoms with Gasteiger partial charge in [-0.1, -0.05) is 66.4 Å². The minimum absolute atomic E-state index is 0.0855. The number of aromatic nitrogens is 2. The quantitative estimate of drug-likeness (QED) is 0.371. The van der Waals surface area contributed by atoms with Gasteiger partial charge in [0.05, 0.1) is 5.75 Å². The number of ether oxygens (including phenoxy) is 1. The van der Waals surface area contributed by atoms with Gasteiger partial charge in [0.25, 0.3) is 11.1 Å². The Morgan fingerprint density at radius 1 is 0.833 bits per heavy atom. The fourth-order valence-corrected chi connectivity index (χ4v) is 3.43. The van der Waals surface area contributed by atoms with Gasteiger partial charge in [0.15, 0.2) is 6.61 Å². The van der Waals surface area contributed by atoms with E-state index in [-0.39, 0.29) is 18.3 Å². The minimum atomic E-state index is -0.0855. The van der Waals surface area contributed by atoms with Gasteiger partial charge >= 0.3 is 0 Å². The Kier molecular flexibility index (Phi) is 6.41. The molecule has 3 aromatic carbocycles. The molecule has 1 heterocycles. The first-order valence-corrected chi connectivity index (χ1v) is 10.3. The summed E-state index contributed by atoms with van der Waals surface area (Å²) in [4.78, 5) is 14.7. The molecule has 0 radical (unpaired) electrons. The van der Waals surface area contributed by atoms with E-state index in [0.29, 0.717) is 11.1 Å². The molecular formula is C23H19N3O3S. The lowest BCUT2D eigenvalue weighted by Gasteiger charge is -2.22. The van der Waals surface area contributed by atoms with E-state index in [1.165, 1.54) is 11.8 Å². The van der Waals surface area contributed by atoms with Crippen molar-refractivity contribution in [3.8, 4) is 5.75 Å². The van der Waals surface area contributed by atoms with E-state index in [0.717, 1.165) is 17.1 Å². The van der Waals surface area contributed by atoms with E-state index in [4.69, 9.17) is 9.15 Å². The Labute approximate surface area is 178 Å². The molecule has 0 saturated carbocycles. The second-order valence-corrected chi connectivity index (χ2v) is 7.18. The summed E-state index contributed by atoms with van der Waals surface area (Å²) in [5.74, 6) is 1.15. The number of hydrogen-bond acceptors (Lipinski definition) is 6. The summed E-state index contributed by atoms with van der Waals surface area (Å²) in [5.41, 5.74) is 1.61. The van der Waals surface area contributed by atoms with E-state index >= 15 is 0 Å². The third-order valence-electron chi connectivity index (χ3n) is 4.15. The van der Waals surface area contributed by atoms with Gasteiger partial charge in [-0.2, -0.15) is 0 Å². The zero-order valence-electron chi connectivity index (χ0n) is 16.0. The number of thioether (sulfide) groups is 1. The van der Waals surface area contributed by atoms with Crippen molar-refractivity contribution in [2.45, 2.75) is 11.8 Å². The van der Waals surface area contributed by atoms with Crippen LogP contribution in [0.5, 0.6) is 5.75 Å². The first kappa shape index (κ1) is 19.7. The fraction of sp³-hybridized carbons (Fsp3) is 0.0870. The molecule has 0 atom stereocenters. The van der Waals surface area contributed by atoms with E-state index in [1.54, 1.807) is 4.90 Å². The molecule has 0 saturated heterocycles. The van der Waals surface area contributed by atoms with Crippen LogP contribution in [-0.2, 0) is 11.4 Å². The second kappa shape index (κ2) is 9.76. The Balaban J connectivity index is 1.40. The average molecular weight is 417 g/mol. The fourth-order valence-electron chi connectivity index (χ4n) is 2.80. The highest BCUT2D eigenvalue weighted by Gasteiger charge is 2.19. The van der Waals surface area contributed by atoms with Gasteiger partial charge in [-0.05, 0) is 36.4 Å². The Bertz CT molecular complexity index is 1030. The van der Waals surface area contributed by atoms with Gasteiger partial charge in [-0.25, -0.2) is 0 Å². The number of amides is 1. The standard InChI is InChI=1S/C23H19N3O3S/c27-22(26(18-10-4-1-5-11-18)19-12-6-2-7-13-19)17-30-23-25-24-21(29-23)16-28-20-14-8-3-9-15-20/h1-15H,16-17H2. The van der Waals surface area contributed by atoms with Crippen LogP contribution < -0.4 is 9.64 Å². The number of nitrogens with zero attached hydrogens (tertiary/aromatic N) is 3. The normalized spacial score (nSPS) is 10.5. The molecule has 0 aliphatic carbocycles. The van der Waals surface area contributed by atoms with Gasteiger partial charge in [-0.3, -0.25) is 9.69 Å². The van der Waals surface area contributed by atoms with Crippen LogP contribution in [0.3, 0.4) is 0 Å². The summed E-state index contributed by atoms with van der Waals surface area (Å²) in [6.45, 7) is 0.172. The molecule has 1 aromatic heterocycles. The third kappa shape index (κ3) is 5.07. The molecule has 1 amide bonds. The molecule has 0 N–H and O–H groups in total. The number of carbonyl (C=O) groups is 1. The van der Waals surface area contributed by atoms with Gasteiger partial charge in [0, 0.05) is 11.4 Å². The topological polar surface area (TPSA) is 68.5 Å². The lowest BCUT2D eigenvalue weighted by atomic mass is 10.2. The SMILES string of the molecule is O=C(CSc1nnc(COc2ccccc2)o1)N(c1ccccc1)c1ccccc1. The molecular weight excluding hydrogens is 398 g/mol. The summed E-state index contributed by atoms with van der Waals surface area (Å²) in [6.07, 6.45) is 0. The Hall–Kier alpha value is -3.58. The predicted molar refractivity (Wildman–Crippen MR) is 116 cm³/mol. The van der Waals surface area contributed by atoms with Crippen LogP contribution in [0.2, 0.25) is 0 Å². The summed E-state index contributed by atoms with van der Waals surface area (Å²) >= 11 is 1.20. The van der Waals surface area contributed by atoms with Crippen molar-refractivity contribution in [2.75, 3.05) is 10.7 Å². The van der Waals surface area contributed by atoms with Crippen molar-refractivity contribution in [1.29, 1.82) is 0 Å². The number of carbonyl (C=O) groups excluding carboxylic acids is 1. The molecule has 30 heavy (non-hydrogen) atoms. The van der Waals surface area contributed by atoms with Gasteiger partial charge in [0.1, 0.15) is 5.75 Å². The van der Waals surface area contributed by atoms with Crippen molar-refractivity contribution in [2.24, 2.45) is 0 Å². The van der Waals surface area contributed by atoms with Crippen LogP contribution in [-0.4, -0.2) is 21.9 Å². The van der Waals surface area contributed by atoms with E-state index in [9.17, 15) is 4.79 Å². The van der Waals surface area contributed by atoms with Crippen LogP contribution in [0.15, 0.2) is 101 Å². The highest BCUT2D eigenvalue weighted by molar-refractivity contribution is 7.99. The minimum Gasteiger partial charge on any atom is -0.484 e. The largest absolute Gasteiger partial charge is 0.484 e. The lowest BCUT2D eigenvalue weighted by Crippen LogP contribution is -2.27. The number of hydrogen-bond donors (Lipinski definition) is 0. The van der Waals surface area contributed by atoms with Crippen molar-refractivity contribution >= 4 is 29.0 Å². The highest BCUT2D eigenvalue weighted by Crippen LogP contribution is 2.27. The molecule has 7 heteroatoms. The van der Waals surface area contributed by atoms with E-state index in [2.05, 4.69) is 10.2 Å². The summed E-state index contributed by atoms with van der Waals surface area (Å²) in [5, 5.41) is 8.31. The third-order valence-corrected chi connectivity index (χ3v) is 4.95. The Morgan fingerprint density at radius 2 is 1.40 bits per heavy atom. The highest BCUT2D eigenvalue weighted by atomic mass is 32.2. The molecule has 0 fully saturated rings. The molecule has 0 bridgehead atoms. The van der Waals surface area contributed by atoms with Crippen LogP contribution in [0, 0.1) is 0 Å². The smallest absolute Gasteiger partial charge is 0.277 e. The summed E-state index contributed by atoms with van der Waals surface area (Å²) in [7, 11) is 0. The molecule has 150 valence electrons. The zero-order chi connectivity index (χ0) is 20.6. The van der Waals surface area contributed by atoms with Crippen molar-refractivity contribution in [3.05, 3.63) is 96.9 Å². The van der Waals surface area contributed by atoms with Crippen molar-refractivity contribution < 1.29 is 13.9 Å². The Morgan fingerprint density at radius 3 is 2.00 bits per heavy atom. The van der Waals surface area contributed by atoms with Crippen LogP contribution in [0.4, 0.5) is 11.4 Å². The first-order chi connectivity index (χ1) is 14.8. The van der Waals surface area contributed by atoms with E-state index in [1.807, 2.05) is 91.0 Å². The number of para-hydroxylation sites is 3. The second-order valence-electron chi connectivity index (χ2n) is 6.25. The lowest BCUT2D eigenvalue weighted by molar-refractivity contribution is -0.115. The zero-order valence-corrected chi connectivity index (χ0v) is 16.9. The maximum atomic E-state index is 13.0. The summed E-state index contributed by atoms with van der Waals surface area (Å²) < 4.78 is 11.2. The maximum absolute atomic E-state index is 13.0. The number of rotatable bonds is 8. The maximum Gasteiger partial charge on any atom is 0.277 e. The summed E-state index contributed by atoms with van der Waals surface area (Å²) in [6, 6.07) is 28.5. The number of benzene rings is 3. The molecule has 0 unspecified atom stereocenters. The molecule has 4 rings (SSSR count). The monoisotopic (exact) mass is 417 g/mol. The molecule has 4 aromatic rings. The van der Waals surface area contributed by atoms with Crippen LogP contribution in [0.25, 0.3) is 0 Å². The van der Waals surface area contributed by atoms with Crippen molar-refractivity contribution in [1.82, 2.24) is 10.2 Å². The molecule has 0 aliphatic rings.